The van der Waals surface area contributed by atoms with Gasteiger partial charge >= 0.3 is 0 Å². The van der Waals surface area contributed by atoms with Crippen molar-refractivity contribution in [1.29, 1.82) is 0 Å². The molecule has 0 aliphatic rings. The van der Waals surface area contributed by atoms with Gasteiger partial charge in [-0.25, -0.2) is 4.98 Å². The SMILES string of the molecule is C=C/C(Cl)=C\C=C(/C)c1nc(N(CC)CCN(C)C(C)=O)cnc1Cc1ccc(Cl)cc1. The zero-order chi connectivity index (χ0) is 23.7. The van der Waals surface area contributed by atoms with Crippen molar-refractivity contribution >= 4 is 40.5 Å². The van der Waals surface area contributed by atoms with Crippen LogP contribution in [0.2, 0.25) is 5.02 Å². The van der Waals surface area contributed by atoms with E-state index in [4.69, 9.17) is 33.2 Å². The molecule has 0 spiro atoms. The first-order valence-electron chi connectivity index (χ1n) is 10.5. The Hall–Kier alpha value is -2.63. The van der Waals surface area contributed by atoms with Gasteiger partial charge in [0.05, 0.1) is 17.6 Å². The van der Waals surface area contributed by atoms with Gasteiger partial charge in [-0.2, -0.15) is 0 Å². The van der Waals surface area contributed by atoms with E-state index in [2.05, 4.69) is 18.4 Å². The fraction of sp³-hybridized carbons (Fsp3) is 0.320. The summed E-state index contributed by atoms with van der Waals surface area (Å²) >= 11 is 12.1. The van der Waals surface area contributed by atoms with Crippen molar-refractivity contribution in [3.8, 4) is 0 Å². The van der Waals surface area contributed by atoms with E-state index in [1.54, 1.807) is 37.2 Å². The van der Waals surface area contributed by atoms with Crippen LogP contribution >= 0.6 is 23.2 Å². The molecular formula is C25H30Cl2N4O. The lowest BCUT2D eigenvalue weighted by molar-refractivity contribution is -0.127. The summed E-state index contributed by atoms with van der Waals surface area (Å²) < 4.78 is 0. The van der Waals surface area contributed by atoms with Crippen molar-refractivity contribution in [2.24, 2.45) is 0 Å². The first kappa shape index (κ1) is 25.6. The van der Waals surface area contributed by atoms with Crippen LogP contribution in [-0.4, -0.2) is 47.5 Å². The highest BCUT2D eigenvalue weighted by molar-refractivity contribution is 6.31. The Balaban J connectivity index is 2.42. The molecule has 7 heteroatoms. The topological polar surface area (TPSA) is 49.3 Å². The number of amides is 1. The summed E-state index contributed by atoms with van der Waals surface area (Å²) in [6.07, 6.45) is 7.73. The Morgan fingerprint density at radius 3 is 2.44 bits per heavy atom. The van der Waals surface area contributed by atoms with Crippen LogP contribution < -0.4 is 4.90 Å². The number of rotatable bonds is 10. The highest BCUT2D eigenvalue weighted by Gasteiger charge is 2.15. The summed E-state index contributed by atoms with van der Waals surface area (Å²) in [4.78, 5) is 25.1. The molecule has 1 aromatic carbocycles. The van der Waals surface area contributed by atoms with Crippen LogP contribution in [0.25, 0.3) is 5.57 Å². The maximum atomic E-state index is 11.6. The van der Waals surface area contributed by atoms with E-state index in [0.29, 0.717) is 29.6 Å². The van der Waals surface area contributed by atoms with E-state index in [1.807, 2.05) is 37.3 Å². The zero-order valence-corrected chi connectivity index (χ0v) is 20.6. The number of nitrogens with zero attached hydrogens (tertiary/aromatic N) is 4. The van der Waals surface area contributed by atoms with Crippen LogP contribution in [0.3, 0.4) is 0 Å². The second-order valence-corrected chi connectivity index (χ2v) is 8.33. The van der Waals surface area contributed by atoms with E-state index in [9.17, 15) is 4.79 Å². The Kier molecular flexibility index (Phi) is 9.95. The average molecular weight is 473 g/mol. The number of hydrogen-bond donors (Lipinski definition) is 0. The van der Waals surface area contributed by atoms with E-state index in [1.165, 1.54) is 0 Å². The summed E-state index contributed by atoms with van der Waals surface area (Å²) in [6.45, 7) is 11.3. The van der Waals surface area contributed by atoms with Gasteiger partial charge in [0, 0.05) is 50.1 Å². The third-order valence-corrected chi connectivity index (χ3v) is 5.66. The molecule has 0 saturated carbocycles. The molecule has 1 heterocycles. The molecule has 0 saturated heterocycles. The second-order valence-electron chi connectivity index (χ2n) is 7.45. The molecule has 0 fully saturated rings. The molecular weight excluding hydrogens is 443 g/mol. The summed E-state index contributed by atoms with van der Waals surface area (Å²) in [7, 11) is 1.80. The molecule has 0 atom stereocenters. The van der Waals surface area contributed by atoms with E-state index in [0.717, 1.165) is 34.9 Å². The molecule has 0 unspecified atom stereocenters. The van der Waals surface area contributed by atoms with Crippen molar-refractivity contribution in [1.82, 2.24) is 14.9 Å². The number of hydrogen-bond acceptors (Lipinski definition) is 4. The van der Waals surface area contributed by atoms with Crippen molar-refractivity contribution in [3.63, 3.8) is 0 Å². The minimum Gasteiger partial charge on any atom is -0.354 e. The number of aromatic nitrogens is 2. The Labute approximate surface area is 201 Å². The lowest BCUT2D eigenvalue weighted by Gasteiger charge is -2.25. The molecule has 0 aliphatic heterocycles. The van der Waals surface area contributed by atoms with Crippen LogP contribution in [0.15, 0.2) is 60.3 Å². The smallest absolute Gasteiger partial charge is 0.219 e. The number of carbonyl (C=O) groups is 1. The number of carbonyl (C=O) groups excluding carboxylic acids is 1. The quantitative estimate of drug-likeness (QED) is 0.413. The Morgan fingerprint density at radius 1 is 1.16 bits per heavy atom. The Morgan fingerprint density at radius 2 is 1.84 bits per heavy atom. The molecule has 0 N–H and O–H groups in total. The Bertz CT molecular complexity index is 1000. The second kappa shape index (κ2) is 12.4. The monoisotopic (exact) mass is 472 g/mol. The van der Waals surface area contributed by atoms with E-state index < -0.39 is 0 Å². The molecule has 170 valence electrons. The number of likely N-dealkylation sites (N-methyl/N-ethyl adjacent to an activating group) is 2. The molecule has 1 amide bonds. The average Bonchev–Trinajstić information content (AvgIpc) is 2.79. The lowest BCUT2D eigenvalue weighted by Crippen LogP contribution is -2.36. The first-order chi connectivity index (χ1) is 15.2. The molecule has 0 aliphatic carbocycles. The van der Waals surface area contributed by atoms with Crippen LogP contribution in [0.1, 0.15) is 37.7 Å². The molecule has 32 heavy (non-hydrogen) atoms. The molecule has 0 bridgehead atoms. The molecule has 0 radical (unpaired) electrons. The summed E-state index contributed by atoms with van der Waals surface area (Å²) in [5.41, 5.74) is 3.71. The minimum absolute atomic E-state index is 0.0378. The van der Waals surface area contributed by atoms with Crippen molar-refractivity contribution in [3.05, 3.63) is 82.3 Å². The summed E-state index contributed by atoms with van der Waals surface area (Å²) in [6, 6.07) is 7.73. The first-order valence-corrected chi connectivity index (χ1v) is 11.2. The largest absolute Gasteiger partial charge is 0.354 e. The highest BCUT2D eigenvalue weighted by Crippen LogP contribution is 2.23. The van der Waals surface area contributed by atoms with Gasteiger partial charge in [0.2, 0.25) is 5.91 Å². The molecule has 2 aromatic rings. The van der Waals surface area contributed by atoms with Gasteiger partial charge in [0.1, 0.15) is 5.82 Å². The van der Waals surface area contributed by atoms with Gasteiger partial charge in [-0.05, 0) is 43.2 Å². The maximum absolute atomic E-state index is 11.6. The molecule has 1 aromatic heterocycles. The van der Waals surface area contributed by atoms with Crippen molar-refractivity contribution in [2.75, 3.05) is 31.6 Å². The number of halogens is 2. The van der Waals surface area contributed by atoms with Crippen LogP contribution in [0, 0.1) is 0 Å². The normalized spacial score (nSPS) is 11.9. The van der Waals surface area contributed by atoms with Crippen LogP contribution in [-0.2, 0) is 11.2 Å². The summed E-state index contributed by atoms with van der Waals surface area (Å²) in [5, 5.41) is 1.25. The van der Waals surface area contributed by atoms with Crippen LogP contribution in [0.5, 0.6) is 0 Å². The number of anilines is 1. The lowest BCUT2D eigenvalue weighted by atomic mass is 10.0. The zero-order valence-electron chi connectivity index (χ0n) is 19.1. The van der Waals surface area contributed by atoms with Gasteiger partial charge in [-0.3, -0.25) is 9.78 Å². The van der Waals surface area contributed by atoms with Gasteiger partial charge in [0.25, 0.3) is 0 Å². The third-order valence-electron chi connectivity index (χ3n) is 5.13. The van der Waals surface area contributed by atoms with Gasteiger partial charge in [0.15, 0.2) is 0 Å². The highest BCUT2D eigenvalue weighted by atomic mass is 35.5. The van der Waals surface area contributed by atoms with E-state index >= 15 is 0 Å². The number of allylic oxidation sites excluding steroid dienone is 5. The number of benzene rings is 1. The predicted octanol–water partition coefficient (Wildman–Crippen LogP) is 5.74. The third kappa shape index (κ3) is 7.50. The van der Waals surface area contributed by atoms with E-state index in [-0.39, 0.29) is 5.91 Å². The minimum atomic E-state index is 0.0378. The van der Waals surface area contributed by atoms with Gasteiger partial charge in [-0.15, -0.1) is 0 Å². The fourth-order valence-electron chi connectivity index (χ4n) is 3.01. The maximum Gasteiger partial charge on any atom is 0.219 e. The van der Waals surface area contributed by atoms with Gasteiger partial charge < -0.3 is 9.80 Å². The predicted molar refractivity (Wildman–Crippen MR) is 135 cm³/mol. The van der Waals surface area contributed by atoms with Crippen molar-refractivity contribution < 1.29 is 4.79 Å². The molecule has 5 nitrogen and oxygen atoms in total. The summed E-state index contributed by atoms with van der Waals surface area (Å²) in [5.74, 6) is 0.807. The van der Waals surface area contributed by atoms with Crippen molar-refractivity contribution in [2.45, 2.75) is 27.2 Å². The molecule has 2 rings (SSSR count). The fourth-order valence-corrected chi connectivity index (χ4v) is 3.20. The standard InChI is InChI=1S/C25H30Cl2N4O/c1-6-21(26)11-8-18(3)25-23(16-20-9-12-22(27)13-10-20)28-17-24(29-25)31(7-2)15-14-30(5)19(4)32/h6,8-13,17H,1,7,14-16H2,2-5H3/b18-8+,21-11+. The van der Waals surface area contributed by atoms with Gasteiger partial charge in [-0.1, -0.05) is 54.1 Å². The van der Waals surface area contributed by atoms with Crippen LogP contribution in [0.4, 0.5) is 5.82 Å².